The molecule has 0 spiro atoms. The Morgan fingerprint density at radius 1 is 1.44 bits per heavy atom. The monoisotopic (exact) mass is 367 g/mol. The lowest BCUT2D eigenvalue weighted by Gasteiger charge is -2.26. The van der Waals surface area contributed by atoms with E-state index in [0.29, 0.717) is 10.6 Å². The molecule has 1 rings (SSSR count). The van der Waals surface area contributed by atoms with Crippen molar-refractivity contribution in [2.45, 2.75) is 13.8 Å². The third-order valence-corrected chi connectivity index (χ3v) is 3.80. The van der Waals surface area contributed by atoms with Gasteiger partial charge in [0.1, 0.15) is 0 Å². The number of benzene rings is 1. The Morgan fingerprint density at radius 3 is 2.64 bits per heavy atom. The molecule has 7 nitrogen and oxygen atoms in total. The van der Waals surface area contributed by atoms with Gasteiger partial charge in [0.15, 0.2) is 0 Å². The van der Waals surface area contributed by atoms with E-state index >= 15 is 0 Å². The van der Waals surface area contributed by atoms with Crippen molar-refractivity contribution in [1.82, 2.24) is 0 Å². The van der Waals surface area contributed by atoms with Crippen molar-refractivity contribution in [3.8, 4) is 11.8 Å². The number of nitro groups is 1. The number of halogens is 1. The summed E-state index contributed by atoms with van der Waals surface area (Å²) < 4.78 is 9.60. The van der Waals surface area contributed by atoms with Crippen molar-refractivity contribution in [3.05, 3.63) is 45.0 Å². The predicted octanol–water partition coefficient (Wildman–Crippen LogP) is 2.33. The largest absolute Gasteiger partial charge is 0.469 e. The van der Waals surface area contributed by atoms with Crippen LogP contribution in [0.4, 0.5) is 0 Å². The Hall–Kier alpha value is -2.59. The second-order valence-corrected chi connectivity index (χ2v) is 5.62. The van der Waals surface area contributed by atoms with Gasteiger partial charge in [0.2, 0.25) is 12.0 Å². The van der Waals surface area contributed by atoms with Crippen LogP contribution >= 0.6 is 11.6 Å². The zero-order valence-electron chi connectivity index (χ0n) is 14.1. The number of methoxy groups -OCH3 is 1. The van der Waals surface area contributed by atoms with Gasteiger partial charge in [0.25, 0.3) is 0 Å². The van der Waals surface area contributed by atoms with Crippen molar-refractivity contribution in [3.63, 3.8) is 0 Å². The molecule has 2 atom stereocenters. The molecule has 1 aromatic rings. The Labute approximate surface area is 150 Å². The van der Waals surface area contributed by atoms with Gasteiger partial charge in [0, 0.05) is 15.5 Å². The molecule has 0 saturated heterocycles. The number of hydrogen-bond acceptors (Lipinski definition) is 6. The summed E-state index contributed by atoms with van der Waals surface area (Å²) >= 11 is 5.89. The summed E-state index contributed by atoms with van der Waals surface area (Å²) in [6.45, 7) is 2.00. The molecule has 0 aromatic heterocycles. The molecular weight excluding hydrogens is 350 g/mol. The first kappa shape index (κ1) is 20.5. The molecule has 0 saturated carbocycles. The first-order valence-corrected chi connectivity index (χ1v) is 7.80. The number of rotatable bonds is 6. The Morgan fingerprint density at radius 2 is 2.12 bits per heavy atom. The quantitative estimate of drug-likeness (QED) is 0.331. The minimum Gasteiger partial charge on any atom is -0.469 e. The standard InChI is InChI=1S/C17H18ClNO6/c1-4-25-16(21)17(11-19(22)23,12(2)15(20)24-3)9-8-13-6-5-7-14(18)10-13/h5-7,10,12H,4,11H2,1-3H3. The molecule has 0 radical (unpaired) electrons. The lowest BCUT2D eigenvalue weighted by atomic mass is 9.76. The molecule has 25 heavy (non-hydrogen) atoms. The summed E-state index contributed by atoms with van der Waals surface area (Å²) in [6.07, 6.45) is 0. The van der Waals surface area contributed by atoms with Crippen molar-refractivity contribution in [2.24, 2.45) is 11.3 Å². The number of nitrogens with zero attached hydrogens (tertiary/aromatic N) is 1. The molecule has 8 heteroatoms. The first-order chi connectivity index (χ1) is 11.8. The van der Waals surface area contributed by atoms with Crippen LogP contribution in [0.5, 0.6) is 0 Å². The van der Waals surface area contributed by atoms with Crippen molar-refractivity contribution >= 4 is 23.5 Å². The SMILES string of the molecule is CCOC(=O)C(C#Cc1cccc(Cl)c1)(C[N+](=O)[O-])C(C)C(=O)OC. The average molecular weight is 368 g/mol. The fraction of sp³-hybridized carbons (Fsp3) is 0.412. The van der Waals surface area contributed by atoms with Crippen molar-refractivity contribution in [1.29, 1.82) is 0 Å². The smallest absolute Gasteiger partial charge is 0.332 e. The summed E-state index contributed by atoms with van der Waals surface area (Å²) in [5.41, 5.74) is -1.53. The fourth-order valence-corrected chi connectivity index (χ4v) is 2.36. The van der Waals surface area contributed by atoms with Crippen LogP contribution < -0.4 is 0 Å². The summed E-state index contributed by atoms with van der Waals surface area (Å²) in [5, 5.41) is 11.6. The molecule has 134 valence electrons. The highest BCUT2D eigenvalue weighted by Crippen LogP contribution is 2.31. The molecular formula is C17H18ClNO6. The van der Waals surface area contributed by atoms with Crippen LogP contribution in [-0.2, 0) is 19.1 Å². The number of hydrogen-bond donors (Lipinski definition) is 0. The predicted molar refractivity (Wildman–Crippen MR) is 90.4 cm³/mol. The topological polar surface area (TPSA) is 95.7 Å². The second-order valence-electron chi connectivity index (χ2n) is 5.19. The van der Waals surface area contributed by atoms with Crippen LogP contribution in [0, 0.1) is 33.3 Å². The zero-order valence-corrected chi connectivity index (χ0v) is 14.8. The third kappa shape index (κ3) is 5.19. The van der Waals surface area contributed by atoms with Crippen molar-refractivity contribution in [2.75, 3.05) is 20.3 Å². The first-order valence-electron chi connectivity index (χ1n) is 7.42. The van der Waals surface area contributed by atoms with E-state index in [1.54, 1.807) is 31.2 Å². The maximum atomic E-state index is 12.5. The van der Waals surface area contributed by atoms with Gasteiger partial charge in [-0.1, -0.05) is 29.5 Å². The van der Waals surface area contributed by atoms with Gasteiger partial charge in [-0.25, -0.2) is 0 Å². The van der Waals surface area contributed by atoms with E-state index in [9.17, 15) is 19.7 Å². The number of ether oxygens (including phenoxy) is 2. The maximum Gasteiger partial charge on any atom is 0.332 e. The molecule has 0 fully saturated rings. The summed E-state index contributed by atoms with van der Waals surface area (Å²) in [6, 6.07) is 6.46. The highest BCUT2D eigenvalue weighted by atomic mass is 35.5. The zero-order chi connectivity index (χ0) is 19.0. The van der Waals surface area contributed by atoms with Gasteiger partial charge < -0.3 is 9.47 Å². The molecule has 2 unspecified atom stereocenters. The molecule has 0 bridgehead atoms. The summed E-state index contributed by atoms with van der Waals surface area (Å²) in [4.78, 5) is 34.9. The van der Waals surface area contributed by atoms with E-state index in [2.05, 4.69) is 16.6 Å². The molecule has 1 aromatic carbocycles. The molecule has 0 N–H and O–H groups in total. The lowest BCUT2D eigenvalue weighted by molar-refractivity contribution is -0.492. The maximum absolute atomic E-state index is 12.5. The van der Waals surface area contributed by atoms with Crippen molar-refractivity contribution < 1.29 is 24.0 Å². The van der Waals surface area contributed by atoms with Crippen LogP contribution in [0.15, 0.2) is 24.3 Å². The normalized spacial score (nSPS) is 13.6. The van der Waals surface area contributed by atoms with E-state index in [1.165, 1.54) is 6.92 Å². The van der Waals surface area contributed by atoms with Crippen LogP contribution in [0.1, 0.15) is 19.4 Å². The average Bonchev–Trinajstić information content (AvgIpc) is 2.57. The Balaban J connectivity index is 3.49. The van der Waals surface area contributed by atoms with E-state index in [4.69, 9.17) is 16.3 Å². The number of carbonyl (C=O) groups is 2. The molecule has 0 heterocycles. The van der Waals surface area contributed by atoms with Gasteiger partial charge in [-0.3, -0.25) is 19.7 Å². The Kier molecular flexibility index (Phi) is 7.40. The van der Waals surface area contributed by atoms with Crippen LogP contribution in [0.3, 0.4) is 0 Å². The van der Waals surface area contributed by atoms with E-state index < -0.39 is 34.7 Å². The van der Waals surface area contributed by atoms with Gasteiger partial charge in [0.05, 0.1) is 19.6 Å². The van der Waals surface area contributed by atoms with E-state index in [1.807, 2.05) is 0 Å². The Bertz CT molecular complexity index is 723. The fourth-order valence-electron chi connectivity index (χ4n) is 2.17. The highest BCUT2D eigenvalue weighted by Gasteiger charge is 2.52. The number of esters is 2. The van der Waals surface area contributed by atoms with Gasteiger partial charge in [-0.15, -0.1) is 0 Å². The van der Waals surface area contributed by atoms with E-state index in [-0.39, 0.29) is 6.61 Å². The minimum atomic E-state index is -1.98. The van der Waals surface area contributed by atoms with E-state index in [0.717, 1.165) is 7.11 Å². The molecule has 0 aliphatic carbocycles. The minimum absolute atomic E-state index is 0.00889. The number of carbonyl (C=O) groups excluding carboxylic acids is 2. The highest BCUT2D eigenvalue weighted by molar-refractivity contribution is 6.30. The van der Waals surface area contributed by atoms with Crippen LogP contribution in [0.25, 0.3) is 0 Å². The molecule has 0 aliphatic heterocycles. The summed E-state index contributed by atoms with van der Waals surface area (Å²) in [5.74, 6) is 2.32. The van der Waals surface area contributed by atoms with Crippen LogP contribution in [-0.4, -0.2) is 37.1 Å². The molecule has 0 amide bonds. The third-order valence-electron chi connectivity index (χ3n) is 3.57. The molecule has 0 aliphatic rings. The second kappa shape index (κ2) is 9.04. The van der Waals surface area contributed by atoms with Gasteiger partial charge >= 0.3 is 11.9 Å². The van der Waals surface area contributed by atoms with Gasteiger partial charge in [-0.2, -0.15) is 0 Å². The van der Waals surface area contributed by atoms with Crippen LogP contribution in [0.2, 0.25) is 5.02 Å². The lowest BCUT2D eigenvalue weighted by Crippen LogP contribution is -2.47. The van der Waals surface area contributed by atoms with Gasteiger partial charge in [-0.05, 0) is 32.0 Å². The summed E-state index contributed by atoms with van der Waals surface area (Å²) in [7, 11) is 1.13.